The average molecular weight is 469 g/mol. The first-order valence-electron chi connectivity index (χ1n) is 10.3. The van der Waals surface area contributed by atoms with Crippen LogP contribution in [0.5, 0.6) is 5.75 Å². The van der Waals surface area contributed by atoms with E-state index in [1.54, 1.807) is 43.3 Å². The maximum absolute atomic E-state index is 12.6. The van der Waals surface area contributed by atoms with E-state index in [1.165, 1.54) is 6.92 Å². The van der Waals surface area contributed by atoms with Gasteiger partial charge in [-0.2, -0.15) is 0 Å². The molecule has 33 heavy (non-hydrogen) atoms. The molecule has 2 amide bonds. The van der Waals surface area contributed by atoms with E-state index >= 15 is 0 Å². The molecule has 0 spiro atoms. The number of ether oxygens (including phenoxy) is 1. The number of hydrogen-bond acceptors (Lipinski definition) is 5. The first-order valence-corrected chi connectivity index (χ1v) is 10.7. The molecule has 0 atom stereocenters. The Bertz CT molecular complexity index is 1280. The zero-order valence-corrected chi connectivity index (χ0v) is 19.5. The molecule has 0 saturated heterocycles. The quantitative estimate of drug-likeness (QED) is 0.374. The van der Waals surface area contributed by atoms with Crippen LogP contribution in [0.4, 0.5) is 5.69 Å². The highest BCUT2D eigenvalue weighted by Gasteiger charge is 2.17. The third kappa shape index (κ3) is 6.23. The van der Waals surface area contributed by atoms with Crippen molar-refractivity contribution in [3.05, 3.63) is 80.7 Å². The number of aryl methyl sites for hydroxylation is 1. The van der Waals surface area contributed by atoms with Gasteiger partial charge in [0, 0.05) is 30.6 Å². The lowest BCUT2D eigenvalue weighted by molar-refractivity contribution is -0.120. The minimum Gasteiger partial charge on any atom is -0.488 e. The SMILES string of the molecule is C=C(C)COc1cc2oc(=O)c(CC(=O)NCc3ccc(NC(C)=O)cc3)c(C)c2cc1Cl. The smallest absolute Gasteiger partial charge is 0.340 e. The van der Waals surface area contributed by atoms with Gasteiger partial charge < -0.3 is 19.8 Å². The summed E-state index contributed by atoms with van der Waals surface area (Å²) in [5.41, 5.74) is 3.01. The number of halogens is 1. The van der Waals surface area contributed by atoms with Crippen molar-refractivity contribution in [3.63, 3.8) is 0 Å². The van der Waals surface area contributed by atoms with E-state index in [4.69, 9.17) is 20.8 Å². The normalized spacial score (nSPS) is 10.7. The van der Waals surface area contributed by atoms with Gasteiger partial charge in [0.1, 0.15) is 17.9 Å². The zero-order valence-electron chi connectivity index (χ0n) is 18.7. The van der Waals surface area contributed by atoms with Crippen molar-refractivity contribution in [2.45, 2.75) is 33.7 Å². The monoisotopic (exact) mass is 468 g/mol. The Morgan fingerprint density at radius 3 is 2.48 bits per heavy atom. The standard InChI is InChI=1S/C25H25ClN2O5/c1-14(2)13-32-23-11-22-19(9-21(23)26)15(3)20(25(31)33-22)10-24(30)27-12-17-5-7-18(8-6-17)28-16(4)29/h5-9,11H,1,10,12-13H2,2-4H3,(H,27,30)(H,28,29). The number of carbonyl (C=O) groups excluding carboxylic acids is 2. The number of hydrogen-bond donors (Lipinski definition) is 2. The molecule has 0 aliphatic rings. The van der Waals surface area contributed by atoms with Gasteiger partial charge in [0.05, 0.1) is 17.0 Å². The summed E-state index contributed by atoms with van der Waals surface area (Å²) in [5.74, 6) is -0.0783. The van der Waals surface area contributed by atoms with Gasteiger partial charge in [-0.25, -0.2) is 4.79 Å². The number of amides is 2. The van der Waals surface area contributed by atoms with Crippen molar-refractivity contribution in [2.24, 2.45) is 0 Å². The minimum absolute atomic E-state index is 0.125. The predicted octanol–water partition coefficient (Wildman–Crippen LogP) is 4.53. The Labute approximate surface area is 196 Å². The number of benzene rings is 2. The fourth-order valence-electron chi connectivity index (χ4n) is 3.24. The van der Waals surface area contributed by atoms with E-state index in [0.29, 0.717) is 39.6 Å². The van der Waals surface area contributed by atoms with Crippen molar-refractivity contribution >= 4 is 40.1 Å². The van der Waals surface area contributed by atoms with Crippen LogP contribution >= 0.6 is 11.6 Å². The highest BCUT2D eigenvalue weighted by Crippen LogP contribution is 2.32. The Morgan fingerprint density at radius 1 is 1.15 bits per heavy atom. The van der Waals surface area contributed by atoms with Gasteiger partial charge in [0.2, 0.25) is 11.8 Å². The largest absolute Gasteiger partial charge is 0.488 e. The second kappa shape index (κ2) is 10.4. The van der Waals surface area contributed by atoms with E-state index in [-0.39, 0.29) is 30.3 Å². The Morgan fingerprint density at radius 2 is 1.85 bits per heavy atom. The Balaban J connectivity index is 1.73. The third-order valence-corrected chi connectivity index (χ3v) is 5.21. The van der Waals surface area contributed by atoms with Gasteiger partial charge in [0.15, 0.2) is 0 Å². The molecule has 7 nitrogen and oxygen atoms in total. The summed E-state index contributed by atoms with van der Waals surface area (Å²) in [5, 5.41) is 6.49. The molecular formula is C25H25ClN2O5. The molecule has 0 saturated carbocycles. The maximum Gasteiger partial charge on any atom is 0.340 e. The van der Waals surface area contributed by atoms with Gasteiger partial charge in [-0.15, -0.1) is 0 Å². The molecule has 0 unspecified atom stereocenters. The van der Waals surface area contributed by atoms with E-state index in [1.807, 2.05) is 6.92 Å². The summed E-state index contributed by atoms with van der Waals surface area (Å²) >= 11 is 6.34. The fraction of sp³-hybridized carbons (Fsp3) is 0.240. The van der Waals surface area contributed by atoms with Crippen LogP contribution in [-0.2, 0) is 22.6 Å². The van der Waals surface area contributed by atoms with Crippen molar-refractivity contribution < 1.29 is 18.7 Å². The molecule has 3 aromatic rings. The topological polar surface area (TPSA) is 97.6 Å². The summed E-state index contributed by atoms with van der Waals surface area (Å²) < 4.78 is 11.1. The lowest BCUT2D eigenvalue weighted by Crippen LogP contribution is -2.27. The second-order valence-corrected chi connectivity index (χ2v) is 8.26. The maximum atomic E-state index is 12.6. The molecule has 3 rings (SSSR count). The highest BCUT2D eigenvalue weighted by molar-refractivity contribution is 6.32. The van der Waals surface area contributed by atoms with Crippen LogP contribution in [0.2, 0.25) is 5.02 Å². The zero-order chi connectivity index (χ0) is 24.1. The van der Waals surface area contributed by atoms with Crippen LogP contribution < -0.4 is 21.0 Å². The number of carbonyl (C=O) groups is 2. The first kappa shape index (κ1) is 24.1. The summed E-state index contributed by atoms with van der Waals surface area (Å²) in [6, 6.07) is 10.4. The van der Waals surface area contributed by atoms with Crippen LogP contribution in [0, 0.1) is 6.92 Å². The molecule has 0 aliphatic carbocycles. The molecular weight excluding hydrogens is 444 g/mol. The Hall–Kier alpha value is -3.58. The Kier molecular flexibility index (Phi) is 7.55. The van der Waals surface area contributed by atoms with Gasteiger partial charge in [0.25, 0.3) is 0 Å². The molecule has 0 fully saturated rings. The molecule has 2 aromatic carbocycles. The summed E-state index contributed by atoms with van der Waals surface area (Å²) in [6.07, 6.45) is -0.125. The summed E-state index contributed by atoms with van der Waals surface area (Å²) in [4.78, 5) is 36.2. The van der Waals surface area contributed by atoms with E-state index in [2.05, 4.69) is 17.2 Å². The van der Waals surface area contributed by atoms with Crippen LogP contribution in [0.1, 0.15) is 30.5 Å². The minimum atomic E-state index is -0.581. The predicted molar refractivity (Wildman–Crippen MR) is 129 cm³/mol. The van der Waals surface area contributed by atoms with Gasteiger partial charge in [-0.3, -0.25) is 9.59 Å². The lowest BCUT2D eigenvalue weighted by atomic mass is 10.0. The molecule has 172 valence electrons. The molecule has 0 aliphatic heterocycles. The van der Waals surface area contributed by atoms with Gasteiger partial charge >= 0.3 is 5.63 Å². The summed E-state index contributed by atoms with van der Waals surface area (Å²) in [7, 11) is 0. The number of anilines is 1. The first-order chi connectivity index (χ1) is 15.6. The van der Waals surface area contributed by atoms with Crippen LogP contribution in [0.25, 0.3) is 11.0 Å². The number of fused-ring (bicyclic) bond motifs is 1. The molecule has 2 N–H and O–H groups in total. The van der Waals surface area contributed by atoms with Crippen molar-refractivity contribution in [1.29, 1.82) is 0 Å². The average Bonchev–Trinajstić information content (AvgIpc) is 2.75. The molecule has 1 heterocycles. The lowest BCUT2D eigenvalue weighted by Gasteiger charge is -2.12. The molecule has 8 heteroatoms. The molecule has 0 radical (unpaired) electrons. The van der Waals surface area contributed by atoms with Crippen molar-refractivity contribution in [1.82, 2.24) is 5.32 Å². The fourth-order valence-corrected chi connectivity index (χ4v) is 3.46. The number of nitrogens with one attached hydrogen (secondary N) is 2. The van der Waals surface area contributed by atoms with Crippen LogP contribution in [-0.4, -0.2) is 18.4 Å². The molecule has 1 aromatic heterocycles. The van der Waals surface area contributed by atoms with Crippen molar-refractivity contribution in [2.75, 3.05) is 11.9 Å². The highest BCUT2D eigenvalue weighted by atomic mass is 35.5. The van der Waals surface area contributed by atoms with E-state index < -0.39 is 5.63 Å². The third-order valence-electron chi connectivity index (χ3n) is 4.92. The van der Waals surface area contributed by atoms with Crippen molar-refractivity contribution in [3.8, 4) is 5.75 Å². The van der Waals surface area contributed by atoms with E-state index in [0.717, 1.165) is 11.1 Å². The number of rotatable bonds is 8. The second-order valence-electron chi connectivity index (χ2n) is 7.85. The van der Waals surface area contributed by atoms with Gasteiger partial charge in [-0.05, 0) is 48.7 Å². The van der Waals surface area contributed by atoms with Crippen LogP contribution in [0.3, 0.4) is 0 Å². The summed E-state index contributed by atoms with van der Waals surface area (Å²) in [6.45, 7) is 9.38. The van der Waals surface area contributed by atoms with Gasteiger partial charge in [-0.1, -0.05) is 30.3 Å². The van der Waals surface area contributed by atoms with E-state index in [9.17, 15) is 14.4 Å². The molecule has 0 bridgehead atoms. The van der Waals surface area contributed by atoms with Crippen LogP contribution in [0.15, 0.2) is 57.8 Å².